The predicted octanol–water partition coefficient (Wildman–Crippen LogP) is -0.680. The summed E-state index contributed by atoms with van der Waals surface area (Å²) in [4.78, 5) is 21.9. The summed E-state index contributed by atoms with van der Waals surface area (Å²) in [6.45, 7) is 1.80. The van der Waals surface area contributed by atoms with Crippen molar-refractivity contribution in [3.05, 3.63) is 0 Å². The lowest BCUT2D eigenvalue weighted by atomic mass is 10.0. The minimum absolute atomic E-state index is 0.127. The van der Waals surface area contributed by atoms with Crippen LogP contribution in [0.15, 0.2) is 0 Å². The molecule has 6 nitrogen and oxygen atoms in total. The van der Waals surface area contributed by atoms with Gasteiger partial charge in [0.1, 0.15) is 0 Å². The van der Waals surface area contributed by atoms with Crippen molar-refractivity contribution in [1.29, 1.82) is 0 Å². The minimum atomic E-state index is -0.844. The van der Waals surface area contributed by atoms with Gasteiger partial charge in [0, 0.05) is 12.6 Å². The van der Waals surface area contributed by atoms with Crippen molar-refractivity contribution >= 4 is 11.9 Å². The van der Waals surface area contributed by atoms with Crippen molar-refractivity contribution < 1.29 is 14.7 Å². The summed E-state index contributed by atoms with van der Waals surface area (Å²) < 4.78 is 0. The quantitative estimate of drug-likeness (QED) is 0.512. The lowest BCUT2D eigenvalue weighted by Gasteiger charge is -2.22. The van der Waals surface area contributed by atoms with Gasteiger partial charge < -0.3 is 16.2 Å². The lowest BCUT2D eigenvalue weighted by Crippen LogP contribution is -2.50. The number of imide groups is 1. The monoisotopic (exact) mass is 229 g/mol. The van der Waals surface area contributed by atoms with Gasteiger partial charge in [0.2, 0.25) is 5.91 Å². The molecular weight excluding hydrogens is 210 g/mol. The number of rotatable bonds is 4. The largest absolute Gasteiger partial charge is 0.396 e. The SMILES string of the molecule is CC(NC1CCCC1CO)C(=O)NC(N)=O. The molecule has 5 N–H and O–H groups in total. The summed E-state index contributed by atoms with van der Waals surface area (Å²) in [7, 11) is 0. The zero-order valence-electron chi connectivity index (χ0n) is 9.40. The Kier molecular flexibility index (Phi) is 4.70. The van der Waals surface area contributed by atoms with Crippen LogP contribution in [0.2, 0.25) is 0 Å². The smallest absolute Gasteiger partial charge is 0.318 e. The highest BCUT2D eigenvalue weighted by molar-refractivity contribution is 5.96. The molecule has 0 saturated heterocycles. The molecule has 0 heterocycles. The van der Waals surface area contributed by atoms with E-state index in [2.05, 4.69) is 5.32 Å². The molecule has 0 aliphatic heterocycles. The molecule has 1 aliphatic carbocycles. The third-order valence-corrected chi connectivity index (χ3v) is 3.00. The third kappa shape index (κ3) is 3.46. The van der Waals surface area contributed by atoms with E-state index < -0.39 is 18.0 Å². The second kappa shape index (κ2) is 5.81. The fraction of sp³-hybridized carbons (Fsp3) is 0.800. The number of carbonyl (C=O) groups is 2. The first kappa shape index (κ1) is 12.9. The first-order valence-electron chi connectivity index (χ1n) is 5.51. The van der Waals surface area contributed by atoms with Crippen LogP contribution in [0.1, 0.15) is 26.2 Å². The van der Waals surface area contributed by atoms with Crippen molar-refractivity contribution in [2.45, 2.75) is 38.3 Å². The van der Waals surface area contributed by atoms with Gasteiger partial charge in [0.25, 0.3) is 0 Å². The molecular formula is C10H19N3O3. The molecule has 92 valence electrons. The molecule has 0 aromatic carbocycles. The zero-order chi connectivity index (χ0) is 12.1. The number of primary amides is 1. The van der Waals surface area contributed by atoms with Crippen LogP contribution in [-0.2, 0) is 4.79 Å². The van der Waals surface area contributed by atoms with Crippen molar-refractivity contribution in [2.75, 3.05) is 6.61 Å². The van der Waals surface area contributed by atoms with E-state index in [-0.39, 0.29) is 18.6 Å². The molecule has 0 radical (unpaired) electrons. The van der Waals surface area contributed by atoms with Crippen LogP contribution < -0.4 is 16.4 Å². The molecule has 16 heavy (non-hydrogen) atoms. The van der Waals surface area contributed by atoms with Crippen LogP contribution in [0, 0.1) is 5.92 Å². The number of carbonyl (C=O) groups excluding carboxylic acids is 2. The molecule has 6 heteroatoms. The summed E-state index contributed by atoms with van der Waals surface area (Å²) in [5, 5.41) is 14.2. The number of hydrogen-bond donors (Lipinski definition) is 4. The maximum Gasteiger partial charge on any atom is 0.318 e. The highest BCUT2D eigenvalue weighted by atomic mass is 16.3. The van der Waals surface area contributed by atoms with E-state index in [0.717, 1.165) is 19.3 Å². The van der Waals surface area contributed by atoms with Crippen LogP contribution >= 0.6 is 0 Å². The Morgan fingerprint density at radius 3 is 2.75 bits per heavy atom. The number of urea groups is 1. The van der Waals surface area contributed by atoms with Crippen LogP contribution in [-0.4, -0.2) is 35.7 Å². The van der Waals surface area contributed by atoms with Gasteiger partial charge in [-0.1, -0.05) is 6.42 Å². The molecule has 0 aromatic heterocycles. The average molecular weight is 229 g/mol. The van der Waals surface area contributed by atoms with Crippen LogP contribution in [0.4, 0.5) is 4.79 Å². The van der Waals surface area contributed by atoms with Crippen molar-refractivity contribution in [1.82, 2.24) is 10.6 Å². The van der Waals surface area contributed by atoms with Gasteiger partial charge in [-0.2, -0.15) is 0 Å². The van der Waals surface area contributed by atoms with Gasteiger partial charge >= 0.3 is 6.03 Å². The van der Waals surface area contributed by atoms with Crippen LogP contribution in [0.3, 0.4) is 0 Å². The summed E-state index contributed by atoms with van der Waals surface area (Å²) >= 11 is 0. The van der Waals surface area contributed by atoms with E-state index in [1.54, 1.807) is 6.92 Å². The number of nitrogens with two attached hydrogens (primary N) is 1. The second-order valence-electron chi connectivity index (χ2n) is 4.22. The second-order valence-corrected chi connectivity index (χ2v) is 4.22. The Bertz CT molecular complexity index is 270. The normalized spacial score (nSPS) is 26.4. The summed E-state index contributed by atoms with van der Waals surface area (Å²) in [6, 6.07) is -1.19. The Morgan fingerprint density at radius 2 is 2.19 bits per heavy atom. The Labute approximate surface area is 94.6 Å². The molecule has 1 fully saturated rings. The molecule has 1 saturated carbocycles. The number of nitrogens with one attached hydrogen (secondary N) is 2. The van der Waals surface area contributed by atoms with E-state index in [9.17, 15) is 9.59 Å². The highest BCUT2D eigenvalue weighted by Crippen LogP contribution is 2.25. The average Bonchev–Trinajstić information content (AvgIpc) is 2.64. The standard InChI is InChI=1S/C10H19N3O3/c1-6(9(15)13-10(11)16)12-8-4-2-3-7(8)5-14/h6-8,12,14H,2-5H2,1H3,(H3,11,13,15,16). The highest BCUT2D eigenvalue weighted by Gasteiger charge is 2.29. The maximum atomic E-state index is 11.4. The van der Waals surface area contributed by atoms with Gasteiger partial charge in [0.15, 0.2) is 0 Å². The van der Waals surface area contributed by atoms with Gasteiger partial charge in [-0.15, -0.1) is 0 Å². The molecule has 3 amide bonds. The number of amides is 3. The summed E-state index contributed by atoms with van der Waals surface area (Å²) in [5.74, 6) is -0.236. The maximum absolute atomic E-state index is 11.4. The lowest BCUT2D eigenvalue weighted by molar-refractivity contribution is -0.121. The molecule has 3 unspecified atom stereocenters. The first-order valence-corrected chi connectivity index (χ1v) is 5.51. The van der Waals surface area contributed by atoms with Gasteiger partial charge in [0.05, 0.1) is 6.04 Å². The molecule has 0 aromatic rings. The first-order chi connectivity index (χ1) is 7.54. The van der Waals surface area contributed by atoms with Gasteiger partial charge in [-0.3, -0.25) is 10.1 Å². The van der Waals surface area contributed by atoms with E-state index in [4.69, 9.17) is 10.8 Å². The summed E-state index contributed by atoms with van der Waals surface area (Å²) in [6.07, 6.45) is 2.96. The van der Waals surface area contributed by atoms with E-state index in [1.807, 2.05) is 5.32 Å². The van der Waals surface area contributed by atoms with Crippen molar-refractivity contribution in [3.8, 4) is 0 Å². The molecule has 0 bridgehead atoms. The van der Waals surface area contributed by atoms with Crippen molar-refractivity contribution in [3.63, 3.8) is 0 Å². The third-order valence-electron chi connectivity index (χ3n) is 3.00. The Morgan fingerprint density at radius 1 is 1.50 bits per heavy atom. The van der Waals surface area contributed by atoms with Crippen LogP contribution in [0.5, 0.6) is 0 Å². The number of hydrogen-bond acceptors (Lipinski definition) is 4. The predicted molar refractivity (Wildman–Crippen MR) is 58.5 cm³/mol. The van der Waals surface area contributed by atoms with E-state index in [1.165, 1.54) is 0 Å². The Hall–Kier alpha value is -1.14. The molecule has 0 spiro atoms. The molecule has 1 rings (SSSR count). The number of aliphatic hydroxyl groups excluding tert-OH is 1. The topological polar surface area (TPSA) is 104 Å². The van der Waals surface area contributed by atoms with E-state index in [0.29, 0.717) is 0 Å². The van der Waals surface area contributed by atoms with Gasteiger partial charge in [-0.25, -0.2) is 4.79 Å². The van der Waals surface area contributed by atoms with Crippen molar-refractivity contribution in [2.24, 2.45) is 11.7 Å². The fourth-order valence-electron chi connectivity index (χ4n) is 2.10. The number of aliphatic hydroxyl groups is 1. The minimum Gasteiger partial charge on any atom is -0.396 e. The van der Waals surface area contributed by atoms with E-state index >= 15 is 0 Å². The molecule has 1 aliphatic rings. The fourth-order valence-corrected chi connectivity index (χ4v) is 2.10. The molecule has 3 atom stereocenters. The van der Waals surface area contributed by atoms with Gasteiger partial charge in [-0.05, 0) is 25.7 Å². The summed E-state index contributed by atoms with van der Waals surface area (Å²) in [5.41, 5.74) is 4.85. The Balaban J connectivity index is 2.41. The van der Waals surface area contributed by atoms with Crippen LogP contribution in [0.25, 0.3) is 0 Å². The zero-order valence-corrected chi connectivity index (χ0v) is 9.40.